The van der Waals surface area contributed by atoms with Gasteiger partial charge in [0.05, 0.1) is 11.5 Å². The van der Waals surface area contributed by atoms with E-state index in [9.17, 15) is 14.9 Å². The number of rotatable bonds is 14. The summed E-state index contributed by atoms with van der Waals surface area (Å²) in [4.78, 5) is 27.8. The molecule has 1 aromatic rings. The van der Waals surface area contributed by atoms with Crippen LogP contribution in [-0.2, 0) is 16.1 Å². The Hall–Kier alpha value is -2.12. The summed E-state index contributed by atoms with van der Waals surface area (Å²) in [6.07, 6.45) is 6.02. The Morgan fingerprint density at radius 2 is 2.03 bits per heavy atom. The van der Waals surface area contributed by atoms with Crippen LogP contribution in [0.5, 0.6) is 0 Å². The highest BCUT2D eigenvalue weighted by Gasteiger charge is 2.27. The van der Waals surface area contributed by atoms with Crippen LogP contribution in [0.15, 0.2) is 36.9 Å². The maximum atomic E-state index is 10.8. The first-order valence-electron chi connectivity index (χ1n) is 11.5. The Balaban J connectivity index is 1.87. The van der Waals surface area contributed by atoms with Crippen LogP contribution in [0.4, 0.5) is 5.69 Å². The molecule has 0 spiro atoms. The van der Waals surface area contributed by atoms with E-state index in [-0.39, 0.29) is 5.69 Å². The van der Waals surface area contributed by atoms with E-state index in [0.717, 1.165) is 77.8 Å². The Kier molecular flexibility index (Phi) is 11.7. The number of nitro benzene ring substituents is 1. The van der Waals surface area contributed by atoms with Crippen molar-refractivity contribution < 1.29 is 14.5 Å². The fraction of sp³-hybridized carbons (Fsp3) is 0.583. The predicted molar refractivity (Wildman–Crippen MR) is 135 cm³/mol. The van der Waals surface area contributed by atoms with E-state index in [1.807, 2.05) is 13.1 Å². The third-order valence-corrected chi connectivity index (χ3v) is 6.76. The van der Waals surface area contributed by atoms with Crippen LogP contribution in [0.25, 0.3) is 0 Å². The lowest BCUT2D eigenvalue weighted by Gasteiger charge is -2.38. The first kappa shape index (κ1) is 27.1. The number of likely N-dealkylation sites (tertiary alicyclic amines) is 1. The van der Waals surface area contributed by atoms with E-state index in [1.54, 1.807) is 17.0 Å². The summed E-state index contributed by atoms with van der Waals surface area (Å²) in [6, 6.07) is 6.91. The molecule has 1 fully saturated rings. The molecule has 9 heteroatoms. The van der Waals surface area contributed by atoms with Gasteiger partial charge in [0.15, 0.2) is 0 Å². The number of carbonyl (C=O) groups is 1. The summed E-state index contributed by atoms with van der Waals surface area (Å²) in [7, 11) is 2.87. The lowest BCUT2D eigenvalue weighted by molar-refractivity contribution is -0.384. The molecular weight excluding hydrogens is 439 g/mol. The molecule has 1 atom stereocenters. The number of nitrogens with zero attached hydrogens (tertiary/aromatic N) is 4. The largest absolute Gasteiger partial charge is 0.348 e. The second kappa shape index (κ2) is 14.2. The minimum atomic E-state index is -0.394. The van der Waals surface area contributed by atoms with Gasteiger partial charge in [0, 0.05) is 38.3 Å². The van der Waals surface area contributed by atoms with Gasteiger partial charge in [-0.3, -0.25) is 14.9 Å². The minimum absolute atomic E-state index is 0.0850. The third-order valence-electron chi connectivity index (χ3n) is 5.99. The molecule has 33 heavy (non-hydrogen) atoms. The van der Waals surface area contributed by atoms with Gasteiger partial charge in [-0.2, -0.15) is 0 Å². The smallest absolute Gasteiger partial charge is 0.269 e. The quantitative estimate of drug-likeness (QED) is 0.133. The van der Waals surface area contributed by atoms with E-state index in [0.29, 0.717) is 18.6 Å². The van der Waals surface area contributed by atoms with Crippen LogP contribution in [0.3, 0.4) is 0 Å². The molecule has 0 bridgehead atoms. The van der Waals surface area contributed by atoms with Gasteiger partial charge >= 0.3 is 0 Å². The average Bonchev–Trinajstić information content (AvgIpc) is 2.83. The third kappa shape index (κ3) is 8.97. The number of piperidine rings is 1. The maximum Gasteiger partial charge on any atom is 0.269 e. The zero-order valence-corrected chi connectivity index (χ0v) is 21.0. The van der Waals surface area contributed by atoms with Crippen LogP contribution < -0.4 is 0 Å². The lowest BCUT2D eigenvalue weighted by Crippen LogP contribution is -2.48. The van der Waals surface area contributed by atoms with Crippen LogP contribution in [0.1, 0.15) is 31.7 Å². The zero-order chi connectivity index (χ0) is 24.2. The summed E-state index contributed by atoms with van der Waals surface area (Å²) in [5.41, 5.74) is 1.91. The van der Waals surface area contributed by atoms with Crippen molar-refractivity contribution >= 4 is 25.9 Å². The van der Waals surface area contributed by atoms with Gasteiger partial charge < -0.3 is 14.5 Å². The number of non-ortho nitro benzene ring substituents is 1. The topological polar surface area (TPSA) is 79.2 Å². The van der Waals surface area contributed by atoms with Crippen LogP contribution in [0, 0.1) is 16.0 Å². The Morgan fingerprint density at radius 3 is 2.58 bits per heavy atom. The predicted octanol–water partition coefficient (Wildman–Crippen LogP) is 3.84. The Morgan fingerprint density at radius 1 is 1.36 bits per heavy atom. The summed E-state index contributed by atoms with van der Waals surface area (Å²) in [6.45, 7) is 13.3. The van der Waals surface area contributed by atoms with Crippen LogP contribution in [-0.4, -0.2) is 84.1 Å². The summed E-state index contributed by atoms with van der Waals surface area (Å²) < 4.78 is 6.16. The molecule has 0 radical (unpaired) electrons. The summed E-state index contributed by atoms with van der Waals surface area (Å²) in [5.74, 6) is 0.488. The number of hydrogen-bond donors (Lipinski definition) is 0. The Labute approximate surface area is 199 Å². The molecule has 1 saturated heterocycles. The molecule has 1 aliphatic heterocycles. The molecule has 0 saturated carbocycles. The SMILES string of the molecule is C=CCN(C(OCc1ccc([N+](=O)[O-])cc1)=PC)C1CCN(CCC(C)CN(C)C=O)CC1. The second-order valence-corrected chi connectivity index (χ2v) is 9.50. The van der Waals surface area contributed by atoms with Gasteiger partial charge in [-0.1, -0.05) is 21.2 Å². The number of hydrogen-bond acceptors (Lipinski definition) is 5. The molecule has 0 aliphatic carbocycles. The number of benzene rings is 1. The lowest BCUT2D eigenvalue weighted by atomic mass is 10.0. The van der Waals surface area contributed by atoms with E-state index in [1.165, 1.54) is 12.1 Å². The number of nitro groups is 1. The van der Waals surface area contributed by atoms with Crippen molar-refractivity contribution in [3.8, 4) is 0 Å². The van der Waals surface area contributed by atoms with Crippen molar-refractivity contribution in [1.29, 1.82) is 0 Å². The van der Waals surface area contributed by atoms with E-state index >= 15 is 0 Å². The fourth-order valence-corrected chi connectivity index (χ4v) is 4.84. The monoisotopic (exact) mass is 476 g/mol. The number of amides is 1. The van der Waals surface area contributed by atoms with Crippen LogP contribution in [0.2, 0.25) is 0 Å². The molecule has 1 aliphatic rings. The summed E-state index contributed by atoms with van der Waals surface area (Å²) in [5, 5.41) is 10.8. The van der Waals surface area contributed by atoms with Gasteiger partial charge in [0.25, 0.3) is 5.69 Å². The standard InChI is InChI=1S/C24H37N4O4P/c1-5-13-27(24(33-4)32-18-21-6-8-23(9-7-21)28(30)31)22-11-15-26(16-12-22)14-10-20(2)17-25(3)19-29/h5-9,19-20,22H,1,10-18H2,2-4H3. The van der Waals surface area contributed by atoms with Crippen LogP contribution >= 0.6 is 8.20 Å². The van der Waals surface area contributed by atoms with E-state index in [2.05, 4.69) is 30.0 Å². The van der Waals surface area contributed by atoms with Gasteiger partial charge in [0.1, 0.15) is 5.60 Å². The van der Waals surface area contributed by atoms with E-state index in [4.69, 9.17) is 4.74 Å². The molecule has 1 heterocycles. The molecule has 1 aromatic carbocycles. The van der Waals surface area contributed by atoms with Gasteiger partial charge in [-0.25, -0.2) is 4.90 Å². The van der Waals surface area contributed by atoms with Crippen molar-refractivity contribution in [1.82, 2.24) is 14.7 Å². The molecule has 1 unspecified atom stereocenters. The molecule has 0 aromatic heterocycles. The highest BCUT2D eigenvalue weighted by molar-refractivity contribution is 7.38. The number of ether oxygens (including phenoxy) is 1. The normalized spacial score (nSPS) is 16.5. The first-order chi connectivity index (χ1) is 15.9. The highest BCUT2D eigenvalue weighted by Crippen LogP contribution is 2.21. The second-order valence-electron chi connectivity index (χ2n) is 8.67. The van der Waals surface area contributed by atoms with Gasteiger partial charge in [-0.05, 0) is 69.2 Å². The maximum absolute atomic E-state index is 10.8. The molecule has 0 N–H and O–H groups in total. The molecule has 8 nitrogen and oxygen atoms in total. The number of carbonyl (C=O) groups excluding carboxylic acids is 1. The molecule has 2 rings (SSSR count). The average molecular weight is 477 g/mol. The van der Waals surface area contributed by atoms with Gasteiger partial charge in [0.2, 0.25) is 6.41 Å². The molecular formula is C24H37N4O4P. The highest BCUT2D eigenvalue weighted by atomic mass is 31.1. The van der Waals surface area contributed by atoms with Gasteiger partial charge in [-0.15, -0.1) is 6.58 Å². The van der Waals surface area contributed by atoms with Crippen molar-refractivity contribution in [2.45, 2.75) is 38.8 Å². The first-order valence-corrected chi connectivity index (χ1v) is 12.8. The van der Waals surface area contributed by atoms with E-state index < -0.39 is 4.92 Å². The zero-order valence-electron chi connectivity index (χ0n) is 20.1. The molecule has 1 amide bonds. The Bertz CT molecular complexity index is 794. The van der Waals surface area contributed by atoms with Crippen molar-refractivity contribution in [2.24, 2.45) is 5.92 Å². The van der Waals surface area contributed by atoms with Crippen molar-refractivity contribution in [2.75, 3.05) is 46.4 Å². The minimum Gasteiger partial charge on any atom is -0.348 e. The molecule has 182 valence electrons. The fourth-order valence-electron chi connectivity index (χ4n) is 4.14. The van der Waals surface area contributed by atoms with Crippen molar-refractivity contribution in [3.63, 3.8) is 0 Å². The van der Waals surface area contributed by atoms with Crippen molar-refractivity contribution in [3.05, 3.63) is 52.6 Å². The summed E-state index contributed by atoms with van der Waals surface area (Å²) >= 11 is 0.